The number of para-hydroxylation sites is 1. The summed E-state index contributed by atoms with van der Waals surface area (Å²) in [6.45, 7) is 5.33. The second-order valence-corrected chi connectivity index (χ2v) is 7.36. The van der Waals surface area contributed by atoms with Crippen molar-refractivity contribution < 1.29 is 0 Å². The van der Waals surface area contributed by atoms with E-state index in [1.807, 2.05) is 19.1 Å². The van der Waals surface area contributed by atoms with Crippen LogP contribution < -0.4 is 0 Å². The van der Waals surface area contributed by atoms with Gasteiger partial charge in [0.1, 0.15) is 11.3 Å². The lowest BCUT2D eigenvalue weighted by Crippen LogP contribution is -2.21. The smallest absolute Gasteiger partial charge is 0.127 e. The highest BCUT2D eigenvalue weighted by atomic mass is 35.5. The van der Waals surface area contributed by atoms with Crippen LogP contribution in [0, 0.1) is 5.41 Å². The van der Waals surface area contributed by atoms with E-state index in [0.29, 0.717) is 10.4 Å². The summed E-state index contributed by atoms with van der Waals surface area (Å²) in [6.07, 6.45) is 5.22. The van der Waals surface area contributed by atoms with Crippen LogP contribution >= 0.6 is 23.2 Å². The fourth-order valence-corrected chi connectivity index (χ4v) is 3.75. The van der Waals surface area contributed by atoms with Gasteiger partial charge in [-0.25, -0.2) is 4.98 Å². The molecular weight excluding hydrogens is 291 g/mol. The maximum Gasteiger partial charge on any atom is 0.127 e. The van der Waals surface area contributed by atoms with Crippen molar-refractivity contribution in [1.29, 1.82) is 0 Å². The third-order valence-corrected chi connectivity index (χ3v) is 4.97. The molecule has 4 heteroatoms. The van der Waals surface area contributed by atoms with Crippen molar-refractivity contribution in [3.05, 3.63) is 29.0 Å². The molecule has 3 rings (SSSR count). The number of hydrogen-bond donors (Lipinski definition) is 0. The summed E-state index contributed by atoms with van der Waals surface area (Å²) in [4.78, 5) is 4.68. The van der Waals surface area contributed by atoms with Gasteiger partial charge in [0.05, 0.1) is 15.9 Å². The Bertz CT molecular complexity index is 625. The van der Waals surface area contributed by atoms with E-state index < -0.39 is 0 Å². The highest BCUT2D eigenvalue weighted by Crippen LogP contribution is 2.41. The van der Waals surface area contributed by atoms with Gasteiger partial charge in [-0.05, 0) is 37.3 Å². The van der Waals surface area contributed by atoms with Crippen LogP contribution in [0.15, 0.2) is 18.2 Å². The summed E-state index contributed by atoms with van der Waals surface area (Å²) in [5, 5.41) is 0.597. The Morgan fingerprint density at radius 3 is 2.70 bits per heavy atom. The van der Waals surface area contributed by atoms with Gasteiger partial charge in [-0.15, -0.1) is 11.6 Å². The maximum absolute atomic E-state index is 6.34. The average Bonchev–Trinajstić information content (AvgIpc) is 2.96. The second kappa shape index (κ2) is 5.23. The standard InChI is InChI=1S/C16H20Cl2N2/c1-11(17)15-19-14-12(18)6-5-7-13(14)20(15)10-16(2)8-3-4-9-16/h5-7,11H,3-4,8-10H2,1-2H3. The molecule has 1 heterocycles. The van der Waals surface area contributed by atoms with Gasteiger partial charge in [0.25, 0.3) is 0 Å². The fourth-order valence-electron chi connectivity index (χ4n) is 3.37. The van der Waals surface area contributed by atoms with Crippen molar-refractivity contribution in [2.45, 2.75) is 51.5 Å². The molecule has 1 atom stereocenters. The summed E-state index contributed by atoms with van der Waals surface area (Å²) < 4.78 is 2.28. The first-order chi connectivity index (χ1) is 9.50. The van der Waals surface area contributed by atoms with Crippen molar-refractivity contribution in [3.8, 4) is 0 Å². The molecular formula is C16H20Cl2N2. The first-order valence-electron chi connectivity index (χ1n) is 7.29. The fraction of sp³-hybridized carbons (Fsp3) is 0.562. The molecule has 0 bridgehead atoms. The third-order valence-electron chi connectivity index (χ3n) is 4.47. The zero-order chi connectivity index (χ0) is 14.3. The molecule has 1 aliphatic rings. The molecule has 1 saturated carbocycles. The van der Waals surface area contributed by atoms with Crippen molar-refractivity contribution in [1.82, 2.24) is 9.55 Å². The van der Waals surface area contributed by atoms with E-state index in [1.54, 1.807) is 0 Å². The van der Waals surface area contributed by atoms with Gasteiger partial charge in [0.15, 0.2) is 0 Å². The van der Waals surface area contributed by atoms with Crippen LogP contribution in [0.5, 0.6) is 0 Å². The molecule has 0 amide bonds. The van der Waals surface area contributed by atoms with Gasteiger partial charge >= 0.3 is 0 Å². The summed E-state index contributed by atoms with van der Waals surface area (Å²) in [6, 6.07) is 5.97. The van der Waals surface area contributed by atoms with E-state index in [1.165, 1.54) is 25.7 Å². The van der Waals surface area contributed by atoms with Gasteiger partial charge in [0, 0.05) is 6.54 Å². The molecule has 2 nitrogen and oxygen atoms in total. The maximum atomic E-state index is 6.34. The predicted molar refractivity (Wildman–Crippen MR) is 85.6 cm³/mol. The number of benzene rings is 1. The van der Waals surface area contributed by atoms with E-state index in [0.717, 1.165) is 23.4 Å². The Morgan fingerprint density at radius 2 is 2.05 bits per heavy atom. The quantitative estimate of drug-likeness (QED) is 0.678. The number of imidazole rings is 1. The van der Waals surface area contributed by atoms with Gasteiger partial charge in [-0.2, -0.15) is 0 Å². The SMILES string of the molecule is CC(Cl)c1nc2c(Cl)cccc2n1CC1(C)CCCC1. The summed E-state index contributed by atoms with van der Waals surface area (Å²) in [5.41, 5.74) is 2.34. The first-order valence-corrected chi connectivity index (χ1v) is 8.10. The monoisotopic (exact) mass is 310 g/mol. The molecule has 0 spiro atoms. The van der Waals surface area contributed by atoms with Gasteiger partial charge in [0.2, 0.25) is 0 Å². The molecule has 0 aliphatic heterocycles. The van der Waals surface area contributed by atoms with Crippen LogP contribution in [0.25, 0.3) is 11.0 Å². The van der Waals surface area contributed by atoms with Crippen molar-refractivity contribution in [2.24, 2.45) is 5.41 Å². The third kappa shape index (κ3) is 2.44. The molecule has 0 radical (unpaired) electrons. The van der Waals surface area contributed by atoms with Gasteiger partial charge in [-0.3, -0.25) is 0 Å². The summed E-state index contributed by atoms with van der Waals surface area (Å²) in [5.74, 6) is 0.933. The van der Waals surface area contributed by atoms with Crippen LogP contribution in [0.4, 0.5) is 0 Å². The van der Waals surface area contributed by atoms with Crippen LogP contribution in [0.3, 0.4) is 0 Å². The topological polar surface area (TPSA) is 17.8 Å². The number of fused-ring (bicyclic) bond motifs is 1. The van der Waals surface area contributed by atoms with E-state index >= 15 is 0 Å². The molecule has 108 valence electrons. The minimum absolute atomic E-state index is 0.108. The highest BCUT2D eigenvalue weighted by Gasteiger charge is 2.31. The van der Waals surface area contributed by atoms with E-state index in [-0.39, 0.29) is 5.38 Å². The second-order valence-electron chi connectivity index (χ2n) is 6.30. The lowest BCUT2D eigenvalue weighted by Gasteiger charge is -2.26. The number of aromatic nitrogens is 2. The van der Waals surface area contributed by atoms with Crippen LogP contribution in [0.2, 0.25) is 5.02 Å². The van der Waals surface area contributed by atoms with Crippen LogP contribution in [0.1, 0.15) is 50.7 Å². The Hall–Kier alpha value is -0.730. The Kier molecular flexibility index (Phi) is 3.72. The molecule has 1 aromatic carbocycles. The predicted octanol–water partition coefficient (Wildman–Crippen LogP) is 5.57. The average molecular weight is 311 g/mol. The Labute approximate surface area is 130 Å². The van der Waals surface area contributed by atoms with Gasteiger partial charge < -0.3 is 4.57 Å². The van der Waals surface area contributed by atoms with Crippen molar-refractivity contribution >= 4 is 34.2 Å². The minimum atomic E-state index is -0.108. The molecule has 1 unspecified atom stereocenters. The Morgan fingerprint density at radius 1 is 1.35 bits per heavy atom. The number of nitrogens with zero attached hydrogens (tertiary/aromatic N) is 2. The van der Waals surface area contributed by atoms with Crippen LogP contribution in [-0.2, 0) is 6.54 Å². The van der Waals surface area contributed by atoms with E-state index in [2.05, 4.69) is 22.5 Å². The van der Waals surface area contributed by atoms with E-state index in [4.69, 9.17) is 23.2 Å². The molecule has 0 saturated heterocycles. The van der Waals surface area contributed by atoms with Crippen molar-refractivity contribution in [2.75, 3.05) is 0 Å². The lowest BCUT2D eigenvalue weighted by atomic mass is 9.88. The summed E-state index contributed by atoms with van der Waals surface area (Å²) >= 11 is 12.6. The lowest BCUT2D eigenvalue weighted by molar-refractivity contribution is 0.281. The highest BCUT2D eigenvalue weighted by molar-refractivity contribution is 6.35. The normalized spacial score (nSPS) is 19.6. The number of hydrogen-bond acceptors (Lipinski definition) is 1. The Balaban J connectivity index is 2.12. The van der Waals surface area contributed by atoms with Crippen LogP contribution in [-0.4, -0.2) is 9.55 Å². The zero-order valence-electron chi connectivity index (χ0n) is 12.0. The number of halogens is 2. The largest absolute Gasteiger partial charge is 0.326 e. The molecule has 0 N–H and O–H groups in total. The molecule has 20 heavy (non-hydrogen) atoms. The number of alkyl halides is 1. The molecule has 1 aromatic heterocycles. The van der Waals surface area contributed by atoms with Crippen molar-refractivity contribution in [3.63, 3.8) is 0 Å². The van der Waals surface area contributed by atoms with E-state index in [9.17, 15) is 0 Å². The molecule has 1 aliphatic carbocycles. The molecule has 2 aromatic rings. The first kappa shape index (κ1) is 14.2. The zero-order valence-corrected chi connectivity index (χ0v) is 13.5. The summed E-state index contributed by atoms with van der Waals surface area (Å²) in [7, 11) is 0. The molecule has 1 fully saturated rings. The minimum Gasteiger partial charge on any atom is -0.326 e. The van der Waals surface area contributed by atoms with Gasteiger partial charge in [-0.1, -0.05) is 37.4 Å². The number of rotatable bonds is 3.